The smallest absolute Gasteiger partial charge is 0.123 e. The Morgan fingerprint density at radius 2 is 1.25 bits per heavy atom. The highest BCUT2D eigenvalue weighted by Gasteiger charge is 2.07. The molecule has 0 aromatic heterocycles. The van der Waals surface area contributed by atoms with Crippen LogP contribution < -0.4 is 10.8 Å². The average Bonchev–Trinajstić information content (AvgIpc) is 2.38. The van der Waals surface area contributed by atoms with E-state index in [0.717, 1.165) is 11.4 Å². The van der Waals surface area contributed by atoms with E-state index >= 15 is 0 Å². The van der Waals surface area contributed by atoms with Gasteiger partial charge in [-0.05, 0) is 24.3 Å². The number of nitrogens with two attached hydrogens (primary N) is 1. The summed E-state index contributed by atoms with van der Waals surface area (Å²) in [6, 6.07) is 19.7. The number of rotatable bonds is 4. The maximum Gasteiger partial charge on any atom is 0.123 e. The minimum absolute atomic E-state index is 0.143. The maximum absolute atomic E-state index is 5.44. The zero-order valence-electron chi connectivity index (χ0n) is 8.91. The summed E-state index contributed by atoms with van der Waals surface area (Å²) in [6.45, 7) is 0.143. The molecule has 2 N–H and O–H groups in total. The Kier molecular flexibility index (Phi) is 3.53. The Morgan fingerprint density at radius 3 is 1.62 bits per heavy atom. The Balaban J connectivity index is 2.31. The molecular weight excluding hydrogens is 200 g/mol. The molecule has 0 heterocycles. The average molecular weight is 214 g/mol. The molecule has 0 bridgehead atoms. The van der Waals surface area contributed by atoms with Crippen molar-refractivity contribution in [1.29, 1.82) is 0 Å². The molecule has 2 rings (SSSR count). The van der Waals surface area contributed by atoms with Crippen molar-refractivity contribution in [2.24, 2.45) is 5.73 Å². The first-order valence-corrected chi connectivity index (χ1v) is 5.15. The Labute approximate surface area is 95.0 Å². The molecule has 0 aliphatic heterocycles. The van der Waals surface area contributed by atoms with Gasteiger partial charge in [-0.15, -0.1) is 0 Å². The van der Waals surface area contributed by atoms with Gasteiger partial charge in [0, 0.05) is 0 Å². The molecule has 0 aliphatic rings. The molecule has 82 valence electrons. The van der Waals surface area contributed by atoms with Gasteiger partial charge in [0.05, 0.1) is 11.4 Å². The van der Waals surface area contributed by atoms with E-state index in [1.807, 2.05) is 60.7 Å². The molecule has 0 saturated heterocycles. The van der Waals surface area contributed by atoms with Crippen molar-refractivity contribution in [2.75, 3.05) is 11.8 Å². The fourth-order valence-electron chi connectivity index (χ4n) is 1.50. The van der Waals surface area contributed by atoms with E-state index in [4.69, 9.17) is 10.6 Å². The molecule has 0 unspecified atom stereocenters. The third-order valence-electron chi connectivity index (χ3n) is 2.19. The van der Waals surface area contributed by atoms with Crippen LogP contribution in [0.15, 0.2) is 60.7 Å². The highest BCUT2D eigenvalue weighted by molar-refractivity contribution is 5.59. The number of para-hydroxylation sites is 2. The largest absolute Gasteiger partial charge is 0.306 e. The van der Waals surface area contributed by atoms with Crippen molar-refractivity contribution in [2.45, 2.75) is 0 Å². The zero-order valence-corrected chi connectivity index (χ0v) is 8.91. The SMILES string of the molecule is NCON(c1ccccc1)c1ccccc1. The first-order valence-electron chi connectivity index (χ1n) is 5.15. The van der Waals surface area contributed by atoms with Gasteiger partial charge in [-0.3, -0.25) is 4.84 Å². The van der Waals surface area contributed by atoms with Gasteiger partial charge >= 0.3 is 0 Å². The molecule has 0 fully saturated rings. The molecule has 0 saturated carbocycles. The van der Waals surface area contributed by atoms with E-state index in [1.165, 1.54) is 0 Å². The Morgan fingerprint density at radius 1 is 0.812 bits per heavy atom. The maximum atomic E-state index is 5.44. The summed E-state index contributed by atoms with van der Waals surface area (Å²) >= 11 is 0. The van der Waals surface area contributed by atoms with Crippen LogP contribution in [-0.4, -0.2) is 6.73 Å². The third kappa shape index (κ3) is 2.39. The van der Waals surface area contributed by atoms with E-state index in [-0.39, 0.29) is 6.73 Å². The molecule has 0 aliphatic carbocycles. The van der Waals surface area contributed by atoms with Crippen LogP contribution >= 0.6 is 0 Å². The first kappa shape index (κ1) is 10.7. The minimum atomic E-state index is 0.143. The normalized spacial score (nSPS) is 10.1. The Hall–Kier alpha value is -1.84. The third-order valence-corrected chi connectivity index (χ3v) is 2.19. The molecule has 2 aromatic rings. The van der Waals surface area contributed by atoms with Gasteiger partial charge in [0.2, 0.25) is 0 Å². The molecule has 3 nitrogen and oxygen atoms in total. The quantitative estimate of drug-likeness (QED) is 0.628. The van der Waals surface area contributed by atoms with Crippen LogP contribution in [0.4, 0.5) is 11.4 Å². The van der Waals surface area contributed by atoms with Crippen molar-refractivity contribution in [3.05, 3.63) is 60.7 Å². The number of hydrogen-bond acceptors (Lipinski definition) is 3. The number of benzene rings is 2. The summed E-state index contributed by atoms with van der Waals surface area (Å²) in [7, 11) is 0. The first-order chi connectivity index (χ1) is 7.92. The van der Waals surface area contributed by atoms with Gasteiger partial charge < -0.3 is 5.73 Å². The van der Waals surface area contributed by atoms with E-state index in [9.17, 15) is 0 Å². The van der Waals surface area contributed by atoms with Crippen LogP contribution in [0.1, 0.15) is 0 Å². The van der Waals surface area contributed by atoms with Crippen molar-refractivity contribution < 1.29 is 4.84 Å². The molecule has 0 spiro atoms. The lowest BCUT2D eigenvalue weighted by molar-refractivity contribution is 0.143. The monoisotopic (exact) mass is 214 g/mol. The van der Waals surface area contributed by atoms with Gasteiger partial charge in [-0.1, -0.05) is 36.4 Å². The summed E-state index contributed by atoms with van der Waals surface area (Å²) in [5.41, 5.74) is 7.36. The second kappa shape index (κ2) is 5.30. The molecule has 16 heavy (non-hydrogen) atoms. The van der Waals surface area contributed by atoms with Gasteiger partial charge in [-0.25, -0.2) is 5.06 Å². The second-order valence-corrected chi connectivity index (χ2v) is 3.26. The van der Waals surface area contributed by atoms with E-state index in [2.05, 4.69) is 0 Å². The molecule has 0 atom stereocenters. The van der Waals surface area contributed by atoms with Crippen LogP contribution in [0.2, 0.25) is 0 Å². The summed E-state index contributed by atoms with van der Waals surface area (Å²) in [5.74, 6) is 0. The van der Waals surface area contributed by atoms with Crippen molar-refractivity contribution in [3.8, 4) is 0 Å². The number of nitrogens with zero attached hydrogens (tertiary/aromatic N) is 1. The highest BCUT2D eigenvalue weighted by Crippen LogP contribution is 2.24. The lowest BCUT2D eigenvalue weighted by Gasteiger charge is -2.22. The lowest BCUT2D eigenvalue weighted by atomic mass is 10.2. The van der Waals surface area contributed by atoms with Crippen molar-refractivity contribution in [1.82, 2.24) is 0 Å². The lowest BCUT2D eigenvalue weighted by Crippen LogP contribution is -2.21. The van der Waals surface area contributed by atoms with E-state index in [0.29, 0.717) is 0 Å². The molecular formula is C13H14N2O. The number of anilines is 2. The predicted octanol–water partition coefficient (Wildman–Crippen LogP) is 2.67. The summed E-state index contributed by atoms with van der Waals surface area (Å²) in [6.07, 6.45) is 0. The van der Waals surface area contributed by atoms with Crippen LogP contribution in [0.5, 0.6) is 0 Å². The molecule has 2 aromatic carbocycles. The Bertz CT molecular complexity index is 377. The summed E-state index contributed by atoms with van der Waals surface area (Å²) < 4.78 is 0. The van der Waals surface area contributed by atoms with E-state index < -0.39 is 0 Å². The van der Waals surface area contributed by atoms with E-state index in [1.54, 1.807) is 5.06 Å². The number of hydrogen-bond donors (Lipinski definition) is 1. The van der Waals surface area contributed by atoms with Crippen LogP contribution in [0.3, 0.4) is 0 Å². The van der Waals surface area contributed by atoms with Crippen molar-refractivity contribution in [3.63, 3.8) is 0 Å². The van der Waals surface area contributed by atoms with Gasteiger partial charge in [0.25, 0.3) is 0 Å². The molecule has 3 heteroatoms. The fourth-order valence-corrected chi connectivity index (χ4v) is 1.50. The summed E-state index contributed by atoms with van der Waals surface area (Å²) in [5, 5.41) is 1.72. The second-order valence-electron chi connectivity index (χ2n) is 3.26. The minimum Gasteiger partial charge on any atom is -0.306 e. The van der Waals surface area contributed by atoms with Gasteiger partial charge in [-0.2, -0.15) is 0 Å². The highest BCUT2D eigenvalue weighted by atomic mass is 16.7. The topological polar surface area (TPSA) is 38.5 Å². The molecule has 0 amide bonds. The predicted molar refractivity (Wildman–Crippen MR) is 65.2 cm³/mol. The fraction of sp³-hybridized carbons (Fsp3) is 0.0769. The van der Waals surface area contributed by atoms with Crippen LogP contribution in [0, 0.1) is 0 Å². The van der Waals surface area contributed by atoms with Crippen LogP contribution in [-0.2, 0) is 4.84 Å². The zero-order chi connectivity index (χ0) is 11.2. The van der Waals surface area contributed by atoms with Gasteiger partial charge in [0.15, 0.2) is 0 Å². The molecule has 0 radical (unpaired) electrons. The summed E-state index contributed by atoms with van der Waals surface area (Å²) in [4.78, 5) is 5.43. The van der Waals surface area contributed by atoms with Gasteiger partial charge in [0.1, 0.15) is 6.73 Å². The standard InChI is InChI=1S/C13H14N2O/c14-11-16-15(12-7-3-1-4-8-12)13-9-5-2-6-10-13/h1-10H,11,14H2. The van der Waals surface area contributed by atoms with Crippen molar-refractivity contribution >= 4 is 11.4 Å². The van der Waals surface area contributed by atoms with Crippen LogP contribution in [0.25, 0.3) is 0 Å².